The first-order valence-electron chi connectivity index (χ1n) is 6.52. The van der Waals surface area contributed by atoms with Gasteiger partial charge in [0.2, 0.25) is 0 Å². The van der Waals surface area contributed by atoms with Crippen molar-refractivity contribution in [3.05, 3.63) is 29.8 Å². The van der Waals surface area contributed by atoms with Crippen LogP contribution in [0.1, 0.15) is 18.9 Å². The molecule has 0 atom stereocenters. The molecule has 0 fully saturated rings. The molecule has 0 heterocycles. The van der Waals surface area contributed by atoms with Crippen molar-refractivity contribution in [3.8, 4) is 5.75 Å². The van der Waals surface area contributed by atoms with Gasteiger partial charge in [-0.2, -0.15) is 0 Å². The molecule has 1 aromatic rings. The first kappa shape index (κ1) is 21.3. The number of hydrogen-bond acceptors (Lipinski definition) is 1. The van der Waals surface area contributed by atoms with E-state index in [2.05, 4.69) is 26.0 Å². The van der Waals surface area contributed by atoms with E-state index in [1.54, 1.807) is 0 Å². The van der Waals surface area contributed by atoms with Crippen molar-refractivity contribution in [1.29, 1.82) is 0 Å². The van der Waals surface area contributed by atoms with Crippen LogP contribution in [-0.4, -0.2) is 39.6 Å². The largest absolute Gasteiger partial charge is 1.00 e. The number of rotatable bonds is 7. The van der Waals surface area contributed by atoms with E-state index in [0.717, 1.165) is 43.3 Å². The zero-order valence-corrected chi connectivity index (χ0v) is 13.9. The van der Waals surface area contributed by atoms with Gasteiger partial charge in [0.1, 0.15) is 18.8 Å². The minimum Gasteiger partial charge on any atom is -1.00 e. The highest BCUT2D eigenvalue weighted by molar-refractivity contribution is 5.92. The summed E-state index contributed by atoms with van der Waals surface area (Å²) in [6.45, 7) is 4.76. The minimum absolute atomic E-state index is 0. The third-order valence-corrected chi connectivity index (χ3v) is 2.58. The van der Waals surface area contributed by atoms with E-state index in [4.69, 9.17) is 10.5 Å². The zero-order valence-electron chi connectivity index (χ0n) is 12.4. The van der Waals surface area contributed by atoms with Crippen molar-refractivity contribution in [2.24, 2.45) is 5.73 Å². The number of halogens is 2. The van der Waals surface area contributed by atoms with Gasteiger partial charge >= 0.3 is 0 Å². The predicted octanol–water partition coefficient (Wildman–Crippen LogP) is -7.59. The van der Waals surface area contributed by atoms with Crippen molar-refractivity contribution < 1.29 is 39.4 Å². The van der Waals surface area contributed by atoms with Crippen LogP contribution in [-0.2, 0) is 0 Å². The molecule has 4 N–H and O–H groups in total. The standard InChI is InChI=1S/C14H23N3O.2ClH/c1-4-11-18-13-7-5-12(6-8-13)14(15)16-9-10-17(2)3;;/h5-8H,4,9-11H2,1-3H3,(H2,15,16);2*1H. The second kappa shape index (κ2) is 11.8. The Balaban J connectivity index is 0. The van der Waals surface area contributed by atoms with E-state index in [0.29, 0.717) is 0 Å². The Labute approximate surface area is 134 Å². The van der Waals surface area contributed by atoms with Gasteiger partial charge in [-0.15, -0.1) is 0 Å². The van der Waals surface area contributed by atoms with Crippen molar-refractivity contribution in [2.45, 2.75) is 13.3 Å². The monoisotopic (exact) mass is 321 g/mol. The van der Waals surface area contributed by atoms with Gasteiger partial charge in [-0.3, -0.25) is 10.7 Å². The van der Waals surface area contributed by atoms with Crippen LogP contribution < -0.4 is 45.2 Å². The number of benzene rings is 1. The number of ether oxygens (including phenoxy) is 1. The lowest BCUT2D eigenvalue weighted by Gasteiger charge is -2.05. The van der Waals surface area contributed by atoms with Crippen LogP contribution in [0, 0.1) is 0 Å². The topological polar surface area (TPSA) is 53.7 Å². The van der Waals surface area contributed by atoms with E-state index in [1.807, 2.05) is 24.3 Å². The molecule has 0 radical (unpaired) electrons. The van der Waals surface area contributed by atoms with Crippen molar-refractivity contribution in [1.82, 2.24) is 0 Å². The summed E-state index contributed by atoms with van der Waals surface area (Å²) < 4.78 is 5.53. The van der Waals surface area contributed by atoms with Gasteiger partial charge in [-0.25, -0.2) is 0 Å². The maximum absolute atomic E-state index is 5.99. The van der Waals surface area contributed by atoms with E-state index in [1.165, 1.54) is 4.90 Å². The fourth-order valence-corrected chi connectivity index (χ4v) is 1.50. The molecule has 0 aliphatic carbocycles. The molecule has 20 heavy (non-hydrogen) atoms. The van der Waals surface area contributed by atoms with Gasteiger partial charge in [-0.05, 0) is 30.7 Å². The molecule has 0 saturated heterocycles. The summed E-state index contributed by atoms with van der Waals surface area (Å²) in [6, 6.07) is 7.87. The fraction of sp³-hybridized carbons (Fsp3) is 0.500. The highest BCUT2D eigenvalue weighted by Gasteiger charge is 2.04. The number of nitrogens with one attached hydrogen (secondary N) is 2. The molecule has 0 amide bonds. The van der Waals surface area contributed by atoms with E-state index < -0.39 is 0 Å². The Hall–Kier alpha value is -0.970. The van der Waals surface area contributed by atoms with Gasteiger partial charge < -0.3 is 34.5 Å². The SMILES string of the molecule is CCCOc1ccc(C(N)=[NH+]CC[NH+](C)C)cc1.[Cl-].[Cl-]. The van der Waals surface area contributed by atoms with Crippen LogP contribution in [0.3, 0.4) is 0 Å². The van der Waals surface area contributed by atoms with E-state index >= 15 is 0 Å². The Morgan fingerprint density at radius 3 is 2.30 bits per heavy atom. The Morgan fingerprint density at radius 2 is 1.80 bits per heavy atom. The molecule has 0 aliphatic heterocycles. The molecule has 0 aromatic heterocycles. The van der Waals surface area contributed by atoms with Crippen molar-refractivity contribution in [2.75, 3.05) is 33.8 Å². The number of nitrogens with two attached hydrogens (primary N) is 1. The molecule has 0 bridgehead atoms. The average Bonchev–Trinajstić information content (AvgIpc) is 2.36. The molecule has 1 aromatic carbocycles. The summed E-state index contributed by atoms with van der Waals surface area (Å²) in [6.07, 6.45) is 1.02. The smallest absolute Gasteiger partial charge is 0.273 e. The second-order valence-electron chi connectivity index (χ2n) is 4.67. The summed E-state index contributed by atoms with van der Waals surface area (Å²) in [7, 11) is 4.25. The van der Waals surface area contributed by atoms with Crippen molar-refractivity contribution >= 4 is 5.84 Å². The number of amidine groups is 1. The van der Waals surface area contributed by atoms with Gasteiger partial charge in [-0.1, -0.05) is 6.92 Å². The van der Waals surface area contributed by atoms with Crippen LogP contribution in [0.4, 0.5) is 0 Å². The number of nitrogen functional groups attached to an aromatic ring is 1. The Morgan fingerprint density at radius 1 is 1.20 bits per heavy atom. The first-order valence-corrected chi connectivity index (χ1v) is 6.52. The summed E-state index contributed by atoms with van der Waals surface area (Å²) >= 11 is 0. The first-order chi connectivity index (χ1) is 8.63. The maximum Gasteiger partial charge on any atom is 0.273 e. The van der Waals surface area contributed by atoms with Crippen LogP contribution >= 0.6 is 0 Å². The molecule has 0 aliphatic rings. The average molecular weight is 322 g/mol. The molecular weight excluding hydrogens is 297 g/mol. The predicted molar refractivity (Wildman–Crippen MR) is 74.0 cm³/mol. The van der Waals surface area contributed by atoms with Gasteiger partial charge in [0, 0.05) is 0 Å². The summed E-state index contributed by atoms with van der Waals surface area (Å²) in [5.41, 5.74) is 6.99. The zero-order chi connectivity index (χ0) is 13.4. The van der Waals surface area contributed by atoms with Crippen LogP contribution in [0.5, 0.6) is 5.75 Å². The third kappa shape index (κ3) is 8.25. The van der Waals surface area contributed by atoms with Gasteiger partial charge in [0.15, 0.2) is 0 Å². The molecule has 1 rings (SSSR count). The maximum atomic E-state index is 5.99. The van der Waals surface area contributed by atoms with Gasteiger partial charge in [0.05, 0.1) is 26.3 Å². The molecule has 0 spiro atoms. The lowest BCUT2D eigenvalue weighted by atomic mass is 10.2. The lowest BCUT2D eigenvalue weighted by Crippen LogP contribution is -3.08. The second-order valence-corrected chi connectivity index (χ2v) is 4.67. The Bertz CT molecular complexity index is 381. The number of quaternary nitrogens is 1. The highest BCUT2D eigenvalue weighted by atomic mass is 35.5. The quantitative estimate of drug-likeness (QED) is 0.345. The van der Waals surface area contributed by atoms with Crippen LogP contribution in [0.2, 0.25) is 0 Å². The third-order valence-electron chi connectivity index (χ3n) is 2.58. The normalized spacial score (nSPS) is 10.7. The summed E-state index contributed by atoms with van der Waals surface area (Å²) in [4.78, 5) is 4.63. The van der Waals surface area contributed by atoms with Crippen molar-refractivity contribution in [3.63, 3.8) is 0 Å². The molecule has 0 unspecified atom stereocenters. The van der Waals surface area contributed by atoms with E-state index in [9.17, 15) is 0 Å². The molecule has 116 valence electrons. The molecule has 6 heteroatoms. The summed E-state index contributed by atoms with van der Waals surface area (Å²) in [5.74, 6) is 1.62. The number of likely N-dealkylation sites (N-methyl/N-ethyl adjacent to an activating group) is 1. The number of hydrogen-bond donors (Lipinski definition) is 3. The highest BCUT2D eigenvalue weighted by Crippen LogP contribution is 2.11. The molecule has 4 nitrogen and oxygen atoms in total. The summed E-state index contributed by atoms with van der Waals surface area (Å²) in [5, 5.41) is 0. The van der Waals surface area contributed by atoms with Gasteiger partial charge in [0.25, 0.3) is 5.84 Å². The fourth-order valence-electron chi connectivity index (χ4n) is 1.50. The van der Waals surface area contributed by atoms with Crippen LogP contribution in [0.25, 0.3) is 0 Å². The Kier molecular flexibility index (Phi) is 12.6. The van der Waals surface area contributed by atoms with E-state index in [-0.39, 0.29) is 24.8 Å². The van der Waals surface area contributed by atoms with Crippen LogP contribution in [0.15, 0.2) is 24.3 Å². The lowest BCUT2D eigenvalue weighted by molar-refractivity contribution is -0.866. The minimum atomic E-state index is 0. The molecular formula is C14H25Cl2N3O. The molecule has 0 saturated carbocycles.